The number of likely N-dealkylation sites (N-methyl/N-ethyl adjacent to an activating group) is 1. The van der Waals surface area contributed by atoms with Crippen molar-refractivity contribution < 1.29 is 9.59 Å². The van der Waals surface area contributed by atoms with E-state index in [0.717, 1.165) is 24.2 Å². The van der Waals surface area contributed by atoms with Crippen molar-refractivity contribution in [2.75, 3.05) is 26.7 Å². The van der Waals surface area contributed by atoms with Gasteiger partial charge in [-0.15, -0.1) is 0 Å². The van der Waals surface area contributed by atoms with E-state index >= 15 is 0 Å². The number of nitrogens with one attached hydrogen (secondary N) is 1. The van der Waals surface area contributed by atoms with E-state index in [0.29, 0.717) is 23.1 Å². The van der Waals surface area contributed by atoms with Gasteiger partial charge in [-0.25, -0.2) is 4.79 Å². The van der Waals surface area contributed by atoms with Gasteiger partial charge in [0.2, 0.25) is 5.91 Å². The number of likely N-dealkylation sites (tertiary alicyclic amines) is 1. The van der Waals surface area contributed by atoms with Crippen molar-refractivity contribution in [2.45, 2.75) is 24.9 Å². The highest BCUT2D eigenvalue weighted by molar-refractivity contribution is 6.42. The molecule has 2 unspecified atom stereocenters. The first-order valence-electron chi connectivity index (χ1n) is 9.72. The molecule has 7 nitrogen and oxygen atoms in total. The first-order chi connectivity index (χ1) is 14.3. The van der Waals surface area contributed by atoms with Crippen LogP contribution >= 0.6 is 23.2 Å². The summed E-state index contributed by atoms with van der Waals surface area (Å²) in [6.07, 6.45) is 2.75. The summed E-state index contributed by atoms with van der Waals surface area (Å²) in [5.74, 6) is -0.0462. The Hall–Kier alpha value is -2.35. The van der Waals surface area contributed by atoms with Gasteiger partial charge in [-0.05, 0) is 36.2 Å². The number of nitrogens with zero attached hydrogens (tertiary/aromatic N) is 3. The van der Waals surface area contributed by atoms with Crippen LogP contribution in [0.1, 0.15) is 23.7 Å². The lowest BCUT2D eigenvalue weighted by atomic mass is 10.1. The summed E-state index contributed by atoms with van der Waals surface area (Å²) >= 11 is 12.1. The number of urea groups is 1. The summed E-state index contributed by atoms with van der Waals surface area (Å²) < 4.78 is 0. The smallest absolute Gasteiger partial charge is 0.312 e. The van der Waals surface area contributed by atoms with Crippen molar-refractivity contribution in [3.63, 3.8) is 0 Å². The maximum Gasteiger partial charge on any atom is 0.312 e. The zero-order valence-corrected chi connectivity index (χ0v) is 18.2. The first-order valence-corrected chi connectivity index (χ1v) is 10.5. The molecule has 3 N–H and O–H groups in total. The van der Waals surface area contributed by atoms with Gasteiger partial charge in [-0.3, -0.25) is 14.7 Å². The van der Waals surface area contributed by atoms with E-state index in [1.807, 2.05) is 18.2 Å². The van der Waals surface area contributed by atoms with Crippen LogP contribution in [0.3, 0.4) is 0 Å². The zero-order chi connectivity index (χ0) is 21.7. The van der Waals surface area contributed by atoms with Gasteiger partial charge < -0.3 is 16.0 Å². The molecular weight excluding hydrogens is 425 g/mol. The van der Waals surface area contributed by atoms with E-state index in [2.05, 4.69) is 15.2 Å². The summed E-state index contributed by atoms with van der Waals surface area (Å²) in [5.41, 5.74) is 6.85. The van der Waals surface area contributed by atoms with Crippen molar-refractivity contribution in [2.24, 2.45) is 5.73 Å². The Kier molecular flexibility index (Phi) is 7.53. The second-order valence-electron chi connectivity index (χ2n) is 7.45. The molecule has 3 rings (SSSR count). The van der Waals surface area contributed by atoms with Crippen molar-refractivity contribution in [1.29, 1.82) is 0 Å². The van der Waals surface area contributed by atoms with E-state index < -0.39 is 6.03 Å². The van der Waals surface area contributed by atoms with Gasteiger partial charge in [0, 0.05) is 38.9 Å². The SMILES string of the molecule is CN(C(=O)Cc1ccc(Cl)c(Cl)c1)C(CN1CCC(NC(N)=O)C1)c1ccccn1. The topological polar surface area (TPSA) is 91.6 Å². The average molecular weight is 450 g/mol. The van der Waals surface area contributed by atoms with Crippen LogP contribution < -0.4 is 11.1 Å². The van der Waals surface area contributed by atoms with Crippen LogP contribution in [-0.4, -0.2) is 59.4 Å². The van der Waals surface area contributed by atoms with Crippen LogP contribution in [0.15, 0.2) is 42.6 Å². The van der Waals surface area contributed by atoms with Crippen molar-refractivity contribution in [3.8, 4) is 0 Å². The number of halogens is 2. The minimum Gasteiger partial charge on any atom is -0.352 e. The molecule has 2 atom stereocenters. The summed E-state index contributed by atoms with van der Waals surface area (Å²) in [7, 11) is 1.79. The fourth-order valence-electron chi connectivity index (χ4n) is 3.67. The average Bonchev–Trinajstić information content (AvgIpc) is 3.15. The Morgan fingerprint density at radius 3 is 2.77 bits per heavy atom. The quantitative estimate of drug-likeness (QED) is 0.679. The summed E-state index contributed by atoms with van der Waals surface area (Å²) in [6, 6.07) is 10.2. The molecule has 0 spiro atoms. The van der Waals surface area contributed by atoms with Gasteiger partial charge in [-0.1, -0.05) is 35.3 Å². The minimum absolute atomic E-state index is 0.0177. The summed E-state index contributed by atoms with van der Waals surface area (Å²) in [4.78, 5) is 32.6. The van der Waals surface area contributed by atoms with Gasteiger partial charge in [0.25, 0.3) is 0 Å². The number of carbonyl (C=O) groups is 2. The molecule has 30 heavy (non-hydrogen) atoms. The molecule has 1 aromatic carbocycles. The Balaban J connectivity index is 1.72. The van der Waals surface area contributed by atoms with E-state index in [4.69, 9.17) is 28.9 Å². The van der Waals surface area contributed by atoms with Crippen molar-refractivity contribution >= 4 is 35.1 Å². The fraction of sp³-hybridized carbons (Fsp3) is 0.381. The molecular formula is C21H25Cl2N5O2. The van der Waals surface area contributed by atoms with Gasteiger partial charge >= 0.3 is 6.03 Å². The Morgan fingerprint density at radius 1 is 1.30 bits per heavy atom. The molecule has 160 valence electrons. The molecule has 2 aromatic rings. The van der Waals surface area contributed by atoms with Crippen LogP contribution in [-0.2, 0) is 11.2 Å². The monoisotopic (exact) mass is 449 g/mol. The van der Waals surface area contributed by atoms with Gasteiger partial charge in [0.15, 0.2) is 0 Å². The number of hydrogen-bond acceptors (Lipinski definition) is 4. The third-order valence-corrected chi connectivity index (χ3v) is 6.02. The number of rotatable bonds is 7. The predicted octanol–water partition coefficient (Wildman–Crippen LogP) is 2.87. The van der Waals surface area contributed by atoms with Crippen molar-refractivity contribution in [3.05, 3.63) is 63.9 Å². The fourth-order valence-corrected chi connectivity index (χ4v) is 3.99. The van der Waals surface area contributed by atoms with Gasteiger partial charge in [0.05, 0.1) is 28.2 Å². The molecule has 0 saturated carbocycles. The number of pyridine rings is 1. The van der Waals surface area contributed by atoms with E-state index in [9.17, 15) is 9.59 Å². The third-order valence-electron chi connectivity index (χ3n) is 5.28. The number of aromatic nitrogens is 1. The number of hydrogen-bond donors (Lipinski definition) is 2. The lowest BCUT2D eigenvalue weighted by Gasteiger charge is -2.31. The highest BCUT2D eigenvalue weighted by Gasteiger charge is 2.30. The molecule has 1 saturated heterocycles. The lowest BCUT2D eigenvalue weighted by Crippen LogP contribution is -2.42. The molecule has 2 heterocycles. The Morgan fingerprint density at radius 2 is 2.10 bits per heavy atom. The Bertz CT molecular complexity index is 896. The zero-order valence-electron chi connectivity index (χ0n) is 16.7. The number of nitrogens with two attached hydrogens (primary N) is 1. The third kappa shape index (κ3) is 5.84. The van der Waals surface area contributed by atoms with Crippen molar-refractivity contribution in [1.82, 2.24) is 20.1 Å². The van der Waals surface area contributed by atoms with Crippen LogP contribution in [0.4, 0.5) is 4.79 Å². The molecule has 0 radical (unpaired) electrons. The number of primary amides is 1. The summed E-state index contributed by atoms with van der Waals surface area (Å²) in [6.45, 7) is 2.10. The number of benzene rings is 1. The molecule has 0 bridgehead atoms. The minimum atomic E-state index is -0.517. The first kappa shape index (κ1) is 22.3. The molecule has 9 heteroatoms. The maximum absolute atomic E-state index is 13.0. The second-order valence-corrected chi connectivity index (χ2v) is 8.27. The van der Waals surface area contributed by atoms with Crippen LogP contribution in [0.5, 0.6) is 0 Å². The number of carbonyl (C=O) groups excluding carboxylic acids is 2. The molecule has 3 amide bonds. The Labute approximate surface area is 186 Å². The molecule has 1 fully saturated rings. The number of amides is 3. The largest absolute Gasteiger partial charge is 0.352 e. The molecule has 1 aliphatic heterocycles. The maximum atomic E-state index is 13.0. The standard InChI is InChI=1S/C21H25Cl2N5O2/c1-27(20(29)11-14-5-6-16(22)17(23)10-14)19(18-4-2-3-8-25-18)13-28-9-7-15(12-28)26-21(24)30/h2-6,8,10,15,19H,7,9,11-13H2,1H3,(H3,24,26,30). The molecule has 1 aromatic heterocycles. The second kappa shape index (κ2) is 10.1. The van der Waals surface area contributed by atoms with Gasteiger partial charge in [0.1, 0.15) is 0 Å². The predicted molar refractivity (Wildman–Crippen MR) is 117 cm³/mol. The molecule has 1 aliphatic rings. The van der Waals surface area contributed by atoms with E-state index in [1.54, 1.807) is 36.3 Å². The summed E-state index contributed by atoms with van der Waals surface area (Å²) in [5, 5.41) is 3.64. The highest BCUT2D eigenvalue weighted by Crippen LogP contribution is 2.25. The molecule has 0 aliphatic carbocycles. The van der Waals surface area contributed by atoms with Crippen LogP contribution in [0.25, 0.3) is 0 Å². The van der Waals surface area contributed by atoms with E-state index in [1.165, 1.54) is 0 Å². The highest BCUT2D eigenvalue weighted by atomic mass is 35.5. The van der Waals surface area contributed by atoms with Gasteiger partial charge in [-0.2, -0.15) is 0 Å². The van der Waals surface area contributed by atoms with E-state index in [-0.39, 0.29) is 24.4 Å². The van der Waals surface area contributed by atoms with Crippen LogP contribution in [0.2, 0.25) is 10.0 Å². The lowest BCUT2D eigenvalue weighted by molar-refractivity contribution is -0.131. The van der Waals surface area contributed by atoms with Crippen LogP contribution in [0, 0.1) is 0 Å². The normalized spacial score (nSPS) is 17.5.